The van der Waals surface area contributed by atoms with Crippen LogP contribution < -0.4 is 5.32 Å². The monoisotopic (exact) mass is 270 g/mol. The summed E-state index contributed by atoms with van der Waals surface area (Å²) >= 11 is 7.28. The molecule has 6 heteroatoms. The van der Waals surface area contributed by atoms with Crippen LogP contribution in [0.3, 0.4) is 0 Å². The van der Waals surface area contributed by atoms with E-state index < -0.39 is 0 Å². The van der Waals surface area contributed by atoms with Gasteiger partial charge in [0.05, 0.1) is 16.1 Å². The molecule has 17 heavy (non-hydrogen) atoms. The van der Waals surface area contributed by atoms with Crippen molar-refractivity contribution in [2.24, 2.45) is 0 Å². The summed E-state index contributed by atoms with van der Waals surface area (Å²) < 4.78 is 5.59. The number of carbonyl (C=O) groups excluding carboxylic acids is 1. The SMILES string of the molecule is Cc1cc(C(=O)N[C@H](C)c2ccc(Cl)s2)on1. The van der Waals surface area contributed by atoms with Gasteiger partial charge in [0.15, 0.2) is 0 Å². The largest absolute Gasteiger partial charge is 0.351 e. The molecule has 2 rings (SSSR count). The van der Waals surface area contributed by atoms with E-state index in [1.165, 1.54) is 11.3 Å². The summed E-state index contributed by atoms with van der Waals surface area (Å²) in [5, 5.41) is 6.49. The molecule has 1 N–H and O–H groups in total. The second kappa shape index (κ2) is 4.89. The van der Waals surface area contributed by atoms with Crippen molar-refractivity contribution in [3.63, 3.8) is 0 Å². The fourth-order valence-electron chi connectivity index (χ4n) is 1.37. The second-order valence-electron chi connectivity index (χ2n) is 3.67. The molecule has 0 spiro atoms. The van der Waals surface area contributed by atoms with Crippen molar-refractivity contribution in [1.29, 1.82) is 0 Å². The Morgan fingerprint density at radius 1 is 1.59 bits per heavy atom. The highest BCUT2D eigenvalue weighted by atomic mass is 35.5. The molecule has 0 saturated carbocycles. The maximum Gasteiger partial charge on any atom is 0.290 e. The highest BCUT2D eigenvalue weighted by Gasteiger charge is 2.16. The van der Waals surface area contributed by atoms with E-state index in [1.807, 2.05) is 19.1 Å². The number of nitrogens with zero attached hydrogens (tertiary/aromatic N) is 1. The van der Waals surface area contributed by atoms with E-state index in [-0.39, 0.29) is 17.7 Å². The number of halogens is 1. The first kappa shape index (κ1) is 12.1. The van der Waals surface area contributed by atoms with Crippen LogP contribution in [0.15, 0.2) is 22.7 Å². The van der Waals surface area contributed by atoms with Gasteiger partial charge < -0.3 is 9.84 Å². The van der Waals surface area contributed by atoms with Crippen LogP contribution in [0.4, 0.5) is 0 Å². The lowest BCUT2D eigenvalue weighted by molar-refractivity contribution is 0.0903. The predicted octanol–water partition coefficient (Wildman–Crippen LogP) is 3.19. The average Bonchev–Trinajstić information content (AvgIpc) is 2.87. The molecule has 0 aliphatic heterocycles. The zero-order chi connectivity index (χ0) is 12.4. The molecule has 0 aliphatic carbocycles. The van der Waals surface area contributed by atoms with Crippen LogP contribution in [0.2, 0.25) is 4.34 Å². The summed E-state index contributed by atoms with van der Waals surface area (Å²) in [6.07, 6.45) is 0. The van der Waals surface area contributed by atoms with Crippen molar-refractivity contribution in [3.8, 4) is 0 Å². The van der Waals surface area contributed by atoms with E-state index >= 15 is 0 Å². The highest BCUT2D eigenvalue weighted by Crippen LogP contribution is 2.26. The molecule has 2 aromatic heterocycles. The van der Waals surface area contributed by atoms with Crippen LogP contribution in [0.5, 0.6) is 0 Å². The number of amides is 1. The molecule has 0 aliphatic rings. The van der Waals surface area contributed by atoms with E-state index in [9.17, 15) is 4.79 Å². The third kappa shape index (κ3) is 2.87. The molecule has 4 nitrogen and oxygen atoms in total. The first-order chi connectivity index (χ1) is 8.06. The van der Waals surface area contributed by atoms with Gasteiger partial charge in [0.1, 0.15) is 0 Å². The first-order valence-corrected chi connectivity index (χ1v) is 6.25. The molecular formula is C11H11ClN2O2S. The molecule has 0 bridgehead atoms. The molecule has 0 saturated heterocycles. The van der Waals surface area contributed by atoms with Gasteiger partial charge in [-0.3, -0.25) is 4.79 Å². The summed E-state index contributed by atoms with van der Waals surface area (Å²) in [6, 6.07) is 5.20. The molecular weight excluding hydrogens is 260 g/mol. The van der Waals surface area contributed by atoms with Gasteiger partial charge in [-0.25, -0.2) is 0 Å². The minimum atomic E-state index is -0.275. The summed E-state index contributed by atoms with van der Waals surface area (Å²) in [5.41, 5.74) is 0.682. The number of thiophene rings is 1. The maximum absolute atomic E-state index is 11.8. The Kier molecular flexibility index (Phi) is 3.49. The summed E-state index contributed by atoms with van der Waals surface area (Å²) in [5.74, 6) is -0.0559. The molecule has 1 atom stereocenters. The number of rotatable bonds is 3. The molecule has 2 aromatic rings. The van der Waals surface area contributed by atoms with Crippen molar-refractivity contribution in [2.45, 2.75) is 19.9 Å². The number of aromatic nitrogens is 1. The minimum Gasteiger partial charge on any atom is -0.351 e. The van der Waals surface area contributed by atoms with E-state index in [0.29, 0.717) is 10.0 Å². The third-order valence-electron chi connectivity index (χ3n) is 2.22. The van der Waals surface area contributed by atoms with E-state index in [4.69, 9.17) is 16.1 Å². The van der Waals surface area contributed by atoms with Crippen LogP contribution in [-0.4, -0.2) is 11.1 Å². The summed E-state index contributed by atoms with van der Waals surface area (Å²) in [6.45, 7) is 3.66. The van der Waals surface area contributed by atoms with Gasteiger partial charge >= 0.3 is 0 Å². The molecule has 0 fully saturated rings. The van der Waals surface area contributed by atoms with Crippen molar-refractivity contribution >= 4 is 28.8 Å². The molecule has 2 heterocycles. The van der Waals surface area contributed by atoms with Gasteiger partial charge in [0.25, 0.3) is 5.91 Å². The standard InChI is InChI=1S/C11H11ClN2O2S/c1-6-5-8(16-14-6)11(15)13-7(2)9-3-4-10(12)17-9/h3-5,7H,1-2H3,(H,13,15)/t7-/m1/s1. The van der Waals surface area contributed by atoms with Crippen LogP contribution in [0, 0.1) is 6.92 Å². The molecule has 0 radical (unpaired) electrons. The van der Waals surface area contributed by atoms with Crippen molar-refractivity contribution < 1.29 is 9.32 Å². The highest BCUT2D eigenvalue weighted by molar-refractivity contribution is 7.16. The first-order valence-electron chi connectivity index (χ1n) is 5.05. The fourth-order valence-corrected chi connectivity index (χ4v) is 2.43. The van der Waals surface area contributed by atoms with Crippen LogP contribution >= 0.6 is 22.9 Å². The topological polar surface area (TPSA) is 55.1 Å². The Morgan fingerprint density at radius 3 is 2.88 bits per heavy atom. The Labute approximate surface area is 108 Å². The second-order valence-corrected chi connectivity index (χ2v) is 5.42. The Bertz CT molecular complexity index is 535. The zero-order valence-electron chi connectivity index (χ0n) is 9.36. The summed E-state index contributed by atoms with van der Waals surface area (Å²) in [4.78, 5) is 12.8. The number of hydrogen-bond donors (Lipinski definition) is 1. The zero-order valence-corrected chi connectivity index (χ0v) is 10.9. The molecule has 90 valence electrons. The van der Waals surface area contributed by atoms with Crippen molar-refractivity contribution in [3.05, 3.63) is 38.9 Å². The van der Waals surface area contributed by atoms with Gasteiger partial charge in [-0.2, -0.15) is 0 Å². The Balaban J connectivity index is 2.04. The maximum atomic E-state index is 11.8. The van der Waals surface area contributed by atoms with Crippen LogP contribution in [0.25, 0.3) is 0 Å². The average molecular weight is 271 g/mol. The molecule has 1 amide bonds. The lowest BCUT2D eigenvalue weighted by Crippen LogP contribution is -2.25. The predicted molar refractivity (Wildman–Crippen MR) is 66.5 cm³/mol. The number of hydrogen-bond acceptors (Lipinski definition) is 4. The van der Waals surface area contributed by atoms with Gasteiger partial charge in [-0.15, -0.1) is 11.3 Å². The third-order valence-corrected chi connectivity index (χ3v) is 3.63. The van der Waals surface area contributed by atoms with Gasteiger partial charge in [-0.05, 0) is 26.0 Å². The molecule has 0 unspecified atom stereocenters. The van der Waals surface area contributed by atoms with E-state index in [0.717, 1.165) is 4.88 Å². The Hall–Kier alpha value is -1.33. The smallest absolute Gasteiger partial charge is 0.290 e. The molecule has 0 aromatic carbocycles. The van der Waals surface area contributed by atoms with Crippen molar-refractivity contribution in [1.82, 2.24) is 10.5 Å². The number of carbonyl (C=O) groups is 1. The van der Waals surface area contributed by atoms with Crippen molar-refractivity contribution in [2.75, 3.05) is 0 Å². The van der Waals surface area contributed by atoms with Gasteiger partial charge in [0, 0.05) is 10.9 Å². The van der Waals surface area contributed by atoms with Gasteiger partial charge in [0.2, 0.25) is 5.76 Å². The van der Waals surface area contributed by atoms with E-state index in [2.05, 4.69) is 10.5 Å². The lowest BCUT2D eigenvalue weighted by Gasteiger charge is -2.09. The fraction of sp³-hybridized carbons (Fsp3) is 0.273. The van der Waals surface area contributed by atoms with Crippen LogP contribution in [0.1, 0.15) is 34.1 Å². The Morgan fingerprint density at radius 2 is 2.35 bits per heavy atom. The van der Waals surface area contributed by atoms with Gasteiger partial charge in [-0.1, -0.05) is 16.8 Å². The normalized spacial score (nSPS) is 12.4. The number of nitrogens with one attached hydrogen (secondary N) is 1. The minimum absolute atomic E-state index is 0.106. The van der Waals surface area contributed by atoms with Crippen LogP contribution in [-0.2, 0) is 0 Å². The summed E-state index contributed by atoms with van der Waals surface area (Å²) in [7, 11) is 0. The van der Waals surface area contributed by atoms with E-state index in [1.54, 1.807) is 13.0 Å². The lowest BCUT2D eigenvalue weighted by atomic mass is 10.2. The quantitative estimate of drug-likeness (QED) is 0.932. The number of aryl methyl sites for hydroxylation is 1.